The van der Waals surface area contributed by atoms with Gasteiger partial charge in [-0.05, 0) is 19.4 Å². The molecule has 8 heteroatoms. The first-order chi connectivity index (χ1) is 11.5. The van der Waals surface area contributed by atoms with Gasteiger partial charge in [-0.25, -0.2) is 9.97 Å². The van der Waals surface area contributed by atoms with E-state index in [-0.39, 0.29) is 5.56 Å². The molecule has 3 heterocycles. The largest absolute Gasteiger partial charge is 0.477 e. The van der Waals surface area contributed by atoms with Crippen LogP contribution < -0.4 is 16.0 Å². The normalized spacial score (nSPS) is 11.1. The summed E-state index contributed by atoms with van der Waals surface area (Å²) in [5.41, 5.74) is 8.43. The van der Waals surface area contributed by atoms with Crippen molar-refractivity contribution < 1.29 is 4.74 Å². The van der Waals surface area contributed by atoms with E-state index in [1.807, 2.05) is 14.0 Å². The van der Waals surface area contributed by atoms with Gasteiger partial charge in [0.25, 0.3) is 5.56 Å². The Labute approximate surface area is 138 Å². The number of nitrogens with zero attached hydrogens (tertiary/aromatic N) is 4. The Bertz CT molecular complexity index is 944. The number of hydrogen-bond donors (Lipinski definition) is 2. The van der Waals surface area contributed by atoms with Crippen LogP contribution >= 0.6 is 0 Å². The molecule has 126 valence electrons. The Kier molecular flexibility index (Phi) is 4.20. The van der Waals surface area contributed by atoms with Crippen molar-refractivity contribution in [2.24, 2.45) is 7.05 Å². The zero-order valence-electron chi connectivity index (χ0n) is 14.0. The second kappa shape index (κ2) is 6.31. The molecule has 0 fully saturated rings. The maximum atomic E-state index is 12.4. The summed E-state index contributed by atoms with van der Waals surface area (Å²) in [6.45, 7) is 4.38. The van der Waals surface area contributed by atoms with Crippen molar-refractivity contribution in [1.82, 2.24) is 24.7 Å². The molecule has 8 nitrogen and oxygen atoms in total. The maximum absolute atomic E-state index is 12.4. The quantitative estimate of drug-likeness (QED) is 0.736. The molecule has 3 rings (SSSR count). The summed E-state index contributed by atoms with van der Waals surface area (Å²) in [4.78, 5) is 24.0. The van der Waals surface area contributed by atoms with Crippen LogP contribution in [-0.4, -0.2) is 31.3 Å². The zero-order valence-corrected chi connectivity index (χ0v) is 14.0. The molecule has 0 aliphatic heterocycles. The number of aromatic nitrogens is 5. The van der Waals surface area contributed by atoms with Gasteiger partial charge >= 0.3 is 0 Å². The number of H-pyrrole nitrogens is 1. The van der Waals surface area contributed by atoms with Gasteiger partial charge in [0.05, 0.1) is 29.7 Å². The first-order valence-corrected chi connectivity index (χ1v) is 7.89. The number of rotatable bonds is 5. The minimum atomic E-state index is -0.294. The van der Waals surface area contributed by atoms with Crippen LogP contribution in [0.1, 0.15) is 26.0 Å². The third kappa shape index (κ3) is 2.70. The van der Waals surface area contributed by atoms with Gasteiger partial charge in [-0.1, -0.05) is 13.3 Å². The number of nitrogens with one attached hydrogen (secondary N) is 1. The van der Waals surface area contributed by atoms with Crippen molar-refractivity contribution >= 4 is 16.7 Å². The molecule has 3 N–H and O–H groups in total. The number of hydrogen-bond acceptors (Lipinski definition) is 6. The minimum Gasteiger partial charge on any atom is -0.477 e. The lowest BCUT2D eigenvalue weighted by atomic mass is 10.2. The van der Waals surface area contributed by atoms with Gasteiger partial charge in [-0.15, -0.1) is 0 Å². The molecule has 0 saturated heterocycles. The lowest BCUT2D eigenvalue weighted by Gasteiger charge is -2.09. The average Bonchev–Trinajstić information content (AvgIpc) is 2.87. The zero-order chi connectivity index (χ0) is 17.3. The second-order valence-electron chi connectivity index (χ2n) is 5.49. The van der Waals surface area contributed by atoms with E-state index in [4.69, 9.17) is 10.5 Å². The van der Waals surface area contributed by atoms with Gasteiger partial charge in [0.1, 0.15) is 11.3 Å². The summed E-state index contributed by atoms with van der Waals surface area (Å²) in [6, 6.07) is 1.69. The fourth-order valence-corrected chi connectivity index (χ4v) is 2.66. The molecular weight excluding hydrogens is 308 g/mol. The molecule has 3 aromatic heterocycles. The van der Waals surface area contributed by atoms with E-state index in [0.29, 0.717) is 40.6 Å². The smallest absolute Gasteiger partial charge is 0.279 e. The van der Waals surface area contributed by atoms with E-state index in [0.717, 1.165) is 18.5 Å². The summed E-state index contributed by atoms with van der Waals surface area (Å²) in [6.07, 6.45) is 3.23. The molecule has 0 saturated carbocycles. The predicted molar refractivity (Wildman–Crippen MR) is 91.9 cm³/mol. The fourth-order valence-electron chi connectivity index (χ4n) is 2.66. The Hall–Kier alpha value is -2.90. The lowest BCUT2D eigenvalue weighted by Crippen LogP contribution is -2.11. The van der Waals surface area contributed by atoms with Crippen molar-refractivity contribution in [2.75, 3.05) is 12.3 Å². The van der Waals surface area contributed by atoms with Crippen LogP contribution in [0.3, 0.4) is 0 Å². The van der Waals surface area contributed by atoms with Crippen LogP contribution in [0.2, 0.25) is 0 Å². The third-order valence-electron chi connectivity index (χ3n) is 3.70. The van der Waals surface area contributed by atoms with E-state index in [1.54, 1.807) is 10.7 Å². The number of fused-ring (bicyclic) bond motifs is 1. The molecule has 0 aliphatic carbocycles. The van der Waals surface area contributed by atoms with Crippen molar-refractivity contribution in [1.29, 1.82) is 0 Å². The predicted octanol–water partition coefficient (Wildman–Crippen LogP) is 1.65. The second-order valence-corrected chi connectivity index (χ2v) is 5.49. The van der Waals surface area contributed by atoms with E-state index in [2.05, 4.69) is 27.0 Å². The number of aromatic amines is 1. The molecule has 24 heavy (non-hydrogen) atoms. The van der Waals surface area contributed by atoms with E-state index >= 15 is 0 Å². The van der Waals surface area contributed by atoms with E-state index < -0.39 is 0 Å². The molecule has 0 spiro atoms. The fraction of sp³-hybridized carbons (Fsp3) is 0.375. The summed E-state index contributed by atoms with van der Waals surface area (Å²) in [5.74, 6) is 0.760. The number of ether oxygens (including phenoxy) is 1. The molecule has 0 unspecified atom stereocenters. The van der Waals surface area contributed by atoms with Crippen molar-refractivity contribution in [3.8, 4) is 17.3 Å². The minimum absolute atomic E-state index is 0.294. The SMILES string of the molecule is CCCc1c2nc(-c3cc(N)cnc3OCC)[nH]c(=O)c2nn1C. The van der Waals surface area contributed by atoms with Gasteiger partial charge in [0.15, 0.2) is 5.52 Å². The van der Waals surface area contributed by atoms with Gasteiger partial charge in [0.2, 0.25) is 5.88 Å². The summed E-state index contributed by atoms with van der Waals surface area (Å²) in [7, 11) is 1.82. The Morgan fingerprint density at radius 2 is 2.12 bits per heavy atom. The maximum Gasteiger partial charge on any atom is 0.279 e. The van der Waals surface area contributed by atoms with Crippen LogP contribution in [0, 0.1) is 0 Å². The van der Waals surface area contributed by atoms with Crippen molar-refractivity contribution in [3.05, 3.63) is 28.3 Å². The molecular formula is C16H20N6O2. The Morgan fingerprint density at radius 3 is 2.83 bits per heavy atom. The Morgan fingerprint density at radius 1 is 1.33 bits per heavy atom. The first-order valence-electron chi connectivity index (χ1n) is 7.89. The number of pyridine rings is 1. The molecule has 0 amide bonds. The van der Waals surface area contributed by atoms with E-state index in [1.165, 1.54) is 6.20 Å². The molecule has 0 aliphatic rings. The van der Waals surface area contributed by atoms with Gasteiger partial charge in [0, 0.05) is 7.05 Å². The van der Waals surface area contributed by atoms with Crippen LogP contribution in [0.5, 0.6) is 5.88 Å². The molecule has 0 atom stereocenters. The molecule has 3 aromatic rings. The summed E-state index contributed by atoms with van der Waals surface area (Å²) >= 11 is 0. The van der Waals surface area contributed by atoms with Crippen molar-refractivity contribution in [3.63, 3.8) is 0 Å². The van der Waals surface area contributed by atoms with Gasteiger partial charge in [-0.2, -0.15) is 5.10 Å². The van der Waals surface area contributed by atoms with Gasteiger partial charge in [-0.3, -0.25) is 9.48 Å². The third-order valence-corrected chi connectivity index (χ3v) is 3.70. The number of nitrogen functional groups attached to an aromatic ring is 1. The topological polar surface area (TPSA) is 112 Å². The lowest BCUT2D eigenvalue weighted by molar-refractivity contribution is 0.328. The van der Waals surface area contributed by atoms with Gasteiger partial charge < -0.3 is 15.5 Å². The van der Waals surface area contributed by atoms with Crippen LogP contribution in [0.15, 0.2) is 17.1 Å². The standard InChI is InChI=1S/C16H20N6O2/c1-4-6-11-12-13(21-22(11)3)15(23)20-14(19-12)10-7-9(17)8-18-16(10)24-5-2/h7-8H,4-6,17H2,1-3H3,(H,19,20,23). The Balaban J connectivity index is 2.26. The highest BCUT2D eigenvalue weighted by atomic mass is 16.5. The monoisotopic (exact) mass is 328 g/mol. The number of nitrogens with two attached hydrogens (primary N) is 1. The van der Waals surface area contributed by atoms with Crippen LogP contribution in [0.4, 0.5) is 5.69 Å². The number of anilines is 1. The summed E-state index contributed by atoms with van der Waals surface area (Å²) in [5, 5.41) is 4.28. The molecule has 0 bridgehead atoms. The summed E-state index contributed by atoms with van der Waals surface area (Å²) < 4.78 is 7.24. The molecule has 0 aromatic carbocycles. The average molecular weight is 328 g/mol. The highest BCUT2D eigenvalue weighted by Gasteiger charge is 2.17. The molecule has 0 radical (unpaired) electrons. The first kappa shape index (κ1) is 16.0. The van der Waals surface area contributed by atoms with E-state index in [9.17, 15) is 4.79 Å². The van der Waals surface area contributed by atoms with Crippen LogP contribution in [0.25, 0.3) is 22.4 Å². The number of aryl methyl sites for hydroxylation is 2. The van der Waals surface area contributed by atoms with Crippen molar-refractivity contribution in [2.45, 2.75) is 26.7 Å². The highest BCUT2D eigenvalue weighted by molar-refractivity contribution is 5.79. The van der Waals surface area contributed by atoms with Crippen LogP contribution in [-0.2, 0) is 13.5 Å². The highest BCUT2D eigenvalue weighted by Crippen LogP contribution is 2.28.